The number of nitrogens with one attached hydrogen (secondary N) is 2. The van der Waals surface area contributed by atoms with Gasteiger partial charge in [-0.1, -0.05) is 24.6 Å². The number of allylic oxidation sites excluding steroid dienone is 2. The van der Waals surface area contributed by atoms with Gasteiger partial charge >= 0.3 is 0 Å². The Labute approximate surface area is 96.8 Å². The Morgan fingerprint density at radius 3 is 3.27 bits per heavy atom. The molecule has 1 heterocycles. The van der Waals surface area contributed by atoms with Crippen LogP contribution in [0.5, 0.6) is 0 Å². The molecular weight excluding hydrogens is 208 g/mol. The fourth-order valence-corrected chi connectivity index (χ4v) is 2.61. The van der Waals surface area contributed by atoms with Gasteiger partial charge in [-0.05, 0) is 38.1 Å². The summed E-state index contributed by atoms with van der Waals surface area (Å²) in [6, 6.07) is 1.03. The standard InChI is InChI=1S/C12H19ClN2/c1-2-6-14-11-5-7-15-12-8-9(13)3-4-10(11)12/h3-4,8,10-12,14-15H,2,5-7H2,1H3. The molecule has 1 fully saturated rings. The lowest BCUT2D eigenvalue weighted by Gasteiger charge is -2.38. The van der Waals surface area contributed by atoms with Crippen molar-refractivity contribution in [2.24, 2.45) is 5.92 Å². The summed E-state index contributed by atoms with van der Waals surface area (Å²) in [5, 5.41) is 7.99. The van der Waals surface area contributed by atoms with E-state index in [1.165, 1.54) is 12.8 Å². The van der Waals surface area contributed by atoms with Crippen LogP contribution in [0.2, 0.25) is 0 Å². The average molecular weight is 227 g/mol. The maximum absolute atomic E-state index is 6.00. The minimum Gasteiger partial charge on any atom is -0.313 e. The van der Waals surface area contributed by atoms with Gasteiger partial charge in [-0.3, -0.25) is 0 Å². The Hall–Kier alpha value is -0.310. The molecule has 1 aliphatic heterocycles. The molecule has 0 aromatic rings. The second-order valence-corrected chi connectivity index (χ2v) is 4.75. The third-order valence-electron chi connectivity index (χ3n) is 3.19. The SMILES string of the molecule is CCCNC1CCNC2C=C(Cl)C=CC21. The summed E-state index contributed by atoms with van der Waals surface area (Å²) >= 11 is 6.00. The fraction of sp³-hybridized carbons (Fsp3) is 0.667. The Bertz CT molecular complexity index is 273. The quantitative estimate of drug-likeness (QED) is 0.770. The van der Waals surface area contributed by atoms with Crippen LogP contribution >= 0.6 is 11.6 Å². The van der Waals surface area contributed by atoms with E-state index in [2.05, 4.69) is 29.7 Å². The van der Waals surface area contributed by atoms with Crippen molar-refractivity contribution in [1.82, 2.24) is 10.6 Å². The van der Waals surface area contributed by atoms with Crippen molar-refractivity contribution in [3.05, 3.63) is 23.3 Å². The van der Waals surface area contributed by atoms with E-state index >= 15 is 0 Å². The normalized spacial score (nSPS) is 34.8. The van der Waals surface area contributed by atoms with Crippen LogP contribution < -0.4 is 10.6 Å². The van der Waals surface area contributed by atoms with Gasteiger partial charge in [0.15, 0.2) is 0 Å². The number of fused-ring (bicyclic) bond motifs is 1. The first-order chi connectivity index (χ1) is 7.31. The Morgan fingerprint density at radius 1 is 1.60 bits per heavy atom. The highest BCUT2D eigenvalue weighted by molar-refractivity contribution is 6.31. The van der Waals surface area contributed by atoms with Crippen molar-refractivity contribution < 1.29 is 0 Å². The van der Waals surface area contributed by atoms with Crippen molar-refractivity contribution in [2.45, 2.75) is 31.8 Å². The van der Waals surface area contributed by atoms with E-state index in [-0.39, 0.29) is 0 Å². The van der Waals surface area contributed by atoms with E-state index in [1.807, 2.05) is 6.08 Å². The zero-order valence-corrected chi connectivity index (χ0v) is 9.93. The van der Waals surface area contributed by atoms with E-state index < -0.39 is 0 Å². The molecule has 2 nitrogen and oxygen atoms in total. The molecule has 3 unspecified atom stereocenters. The fourth-order valence-electron chi connectivity index (χ4n) is 2.41. The van der Waals surface area contributed by atoms with Crippen LogP contribution in [0.25, 0.3) is 0 Å². The van der Waals surface area contributed by atoms with Gasteiger partial charge in [0.1, 0.15) is 0 Å². The molecule has 0 radical (unpaired) electrons. The van der Waals surface area contributed by atoms with Crippen LogP contribution in [0.3, 0.4) is 0 Å². The number of hydrogen-bond donors (Lipinski definition) is 2. The summed E-state index contributed by atoms with van der Waals surface area (Å²) in [6.07, 6.45) is 8.80. The van der Waals surface area contributed by atoms with Gasteiger partial charge in [0, 0.05) is 23.0 Å². The largest absolute Gasteiger partial charge is 0.313 e. The first kappa shape index (κ1) is 11.2. The zero-order chi connectivity index (χ0) is 10.7. The highest BCUT2D eigenvalue weighted by Gasteiger charge is 2.31. The Balaban J connectivity index is 2.00. The Kier molecular flexibility index (Phi) is 3.84. The molecule has 0 bridgehead atoms. The molecule has 1 aliphatic carbocycles. The van der Waals surface area contributed by atoms with Gasteiger partial charge in [0.05, 0.1) is 0 Å². The molecule has 2 rings (SSSR count). The van der Waals surface area contributed by atoms with Gasteiger partial charge in [-0.15, -0.1) is 0 Å². The predicted molar refractivity (Wildman–Crippen MR) is 65.1 cm³/mol. The highest BCUT2D eigenvalue weighted by Crippen LogP contribution is 2.26. The Morgan fingerprint density at radius 2 is 2.47 bits per heavy atom. The molecule has 0 amide bonds. The lowest BCUT2D eigenvalue weighted by atomic mass is 9.83. The summed E-state index contributed by atoms with van der Waals surface area (Å²) in [7, 11) is 0. The lowest BCUT2D eigenvalue weighted by Crippen LogP contribution is -2.53. The minimum absolute atomic E-state index is 0.422. The van der Waals surface area contributed by atoms with E-state index in [1.54, 1.807) is 0 Å². The summed E-state index contributed by atoms with van der Waals surface area (Å²) in [6.45, 7) is 4.40. The summed E-state index contributed by atoms with van der Waals surface area (Å²) in [5.41, 5.74) is 0. The molecule has 3 atom stereocenters. The molecule has 3 heteroatoms. The van der Waals surface area contributed by atoms with Crippen LogP contribution in [-0.4, -0.2) is 25.2 Å². The van der Waals surface area contributed by atoms with E-state index in [4.69, 9.17) is 11.6 Å². The molecule has 2 aliphatic rings. The van der Waals surface area contributed by atoms with Crippen LogP contribution in [0.1, 0.15) is 19.8 Å². The molecular formula is C12H19ClN2. The van der Waals surface area contributed by atoms with Gasteiger partial charge in [-0.2, -0.15) is 0 Å². The maximum Gasteiger partial charge on any atom is 0.0378 e. The third kappa shape index (κ3) is 2.63. The maximum atomic E-state index is 6.00. The smallest absolute Gasteiger partial charge is 0.0378 e. The van der Waals surface area contributed by atoms with Crippen molar-refractivity contribution in [2.75, 3.05) is 13.1 Å². The topological polar surface area (TPSA) is 24.1 Å². The summed E-state index contributed by atoms with van der Waals surface area (Å²) in [4.78, 5) is 0. The molecule has 2 N–H and O–H groups in total. The van der Waals surface area contributed by atoms with Crippen LogP contribution in [0.15, 0.2) is 23.3 Å². The van der Waals surface area contributed by atoms with Crippen molar-refractivity contribution >= 4 is 11.6 Å². The average Bonchev–Trinajstić information content (AvgIpc) is 2.25. The first-order valence-corrected chi connectivity index (χ1v) is 6.21. The number of halogens is 1. The van der Waals surface area contributed by atoms with Crippen LogP contribution in [0.4, 0.5) is 0 Å². The van der Waals surface area contributed by atoms with Crippen molar-refractivity contribution in [3.8, 4) is 0 Å². The number of rotatable bonds is 3. The number of piperidine rings is 1. The molecule has 0 aromatic heterocycles. The molecule has 0 aromatic carbocycles. The van der Waals surface area contributed by atoms with Crippen LogP contribution in [-0.2, 0) is 0 Å². The second kappa shape index (κ2) is 5.15. The molecule has 0 spiro atoms. The summed E-state index contributed by atoms with van der Waals surface area (Å²) in [5.74, 6) is 0.563. The molecule has 84 valence electrons. The third-order valence-corrected chi connectivity index (χ3v) is 3.44. The molecule has 0 saturated carbocycles. The number of hydrogen-bond acceptors (Lipinski definition) is 2. The van der Waals surface area contributed by atoms with Crippen molar-refractivity contribution in [3.63, 3.8) is 0 Å². The van der Waals surface area contributed by atoms with Crippen LogP contribution in [0, 0.1) is 5.92 Å². The van der Waals surface area contributed by atoms with Gasteiger partial charge in [0.25, 0.3) is 0 Å². The van der Waals surface area contributed by atoms with Crippen molar-refractivity contribution in [1.29, 1.82) is 0 Å². The summed E-state index contributed by atoms with van der Waals surface area (Å²) < 4.78 is 0. The molecule has 15 heavy (non-hydrogen) atoms. The highest BCUT2D eigenvalue weighted by atomic mass is 35.5. The minimum atomic E-state index is 0.422. The van der Waals surface area contributed by atoms with E-state index in [0.29, 0.717) is 18.0 Å². The predicted octanol–water partition coefficient (Wildman–Crippen LogP) is 2.03. The molecule has 1 saturated heterocycles. The van der Waals surface area contributed by atoms with Gasteiger partial charge in [-0.25, -0.2) is 0 Å². The zero-order valence-electron chi connectivity index (χ0n) is 9.17. The first-order valence-electron chi connectivity index (χ1n) is 5.83. The second-order valence-electron chi connectivity index (χ2n) is 4.32. The van der Waals surface area contributed by atoms with E-state index in [0.717, 1.165) is 18.1 Å². The monoisotopic (exact) mass is 226 g/mol. The lowest BCUT2D eigenvalue weighted by molar-refractivity contribution is 0.281. The van der Waals surface area contributed by atoms with Gasteiger partial charge in [0.2, 0.25) is 0 Å². The van der Waals surface area contributed by atoms with E-state index in [9.17, 15) is 0 Å². The van der Waals surface area contributed by atoms with Gasteiger partial charge < -0.3 is 10.6 Å².